The van der Waals surface area contributed by atoms with Crippen molar-refractivity contribution < 1.29 is 9.59 Å². The van der Waals surface area contributed by atoms with Crippen LogP contribution in [0.2, 0.25) is 0 Å². The molecular weight excluding hydrogens is 310 g/mol. The topological polar surface area (TPSA) is 71.1 Å². The molecule has 1 atom stereocenters. The highest BCUT2D eigenvalue weighted by molar-refractivity contribution is 7.09. The Bertz CT molecular complexity index is 713. The van der Waals surface area contributed by atoms with Crippen LogP contribution in [0, 0.1) is 0 Å². The van der Waals surface area contributed by atoms with Gasteiger partial charge in [-0.05, 0) is 30.5 Å². The van der Waals surface area contributed by atoms with Crippen LogP contribution in [0.1, 0.15) is 46.6 Å². The highest BCUT2D eigenvalue weighted by Crippen LogP contribution is 2.24. The highest BCUT2D eigenvalue weighted by Gasteiger charge is 2.17. The Morgan fingerprint density at radius 1 is 1.39 bits per heavy atom. The lowest BCUT2D eigenvalue weighted by Gasteiger charge is -2.16. The standard InChI is InChI=1S/C17H19N3O2S/c1-11(16-18-7-8-23-16)10-19-17(22)20-13-6-5-12-3-2-4-15(21)14(12)9-13/h5-9,11H,2-4,10H2,1H3,(H2,19,20,22)/t11-/m1/s1. The predicted molar refractivity (Wildman–Crippen MR) is 91.3 cm³/mol. The van der Waals surface area contributed by atoms with Gasteiger partial charge in [0.05, 0.1) is 5.01 Å². The fourth-order valence-corrected chi connectivity index (χ4v) is 3.39. The molecule has 0 saturated carbocycles. The number of hydrogen-bond donors (Lipinski definition) is 2. The minimum Gasteiger partial charge on any atom is -0.337 e. The molecule has 0 unspecified atom stereocenters. The molecule has 6 heteroatoms. The van der Waals surface area contributed by atoms with E-state index >= 15 is 0 Å². The number of carbonyl (C=O) groups excluding carboxylic acids is 2. The van der Waals surface area contributed by atoms with E-state index in [1.165, 1.54) is 0 Å². The van der Waals surface area contributed by atoms with Crippen molar-refractivity contribution >= 4 is 28.8 Å². The molecule has 0 fully saturated rings. The quantitative estimate of drug-likeness (QED) is 0.900. The molecule has 0 bridgehead atoms. The van der Waals surface area contributed by atoms with Gasteiger partial charge in [0.2, 0.25) is 0 Å². The van der Waals surface area contributed by atoms with Crippen LogP contribution in [0.3, 0.4) is 0 Å². The van der Waals surface area contributed by atoms with Crippen LogP contribution in [0.4, 0.5) is 10.5 Å². The second-order valence-electron chi connectivity index (χ2n) is 5.76. The lowest BCUT2D eigenvalue weighted by Crippen LogP contribution is -2.31. The third-order valence-electron chi connectivity index (χ3n) is 3.96. The second-order valence-corrected chi connectivity index (χ2v) is 6.68. The van der Waals surface area contributed by atoms with Crippen LogP contribution < -0.4 is 10.6 Å². The van der Waals surface area contributed by atoms with Gasteiger partial charge in [0.15, 0.2) is 5.78 Å². The SMILES string of the molecule is C[C@H](CNC(=O)Nc1ccc2c(c1)C(=O)CCC2)c1nccs1. The second kappa shape index (κ2) is 6.91. The lowest BCUT2D eigenvalue weighted by molar-refractivity contribution is 0.0972. The molecule has 0 radical (unpaired) electrons. The molecule has 0 saturated heterocycles. The first-order valence-corrected chi connectivity index (χ1v) is 8.62. The number of carbonyl (C=O) groups is 2. The number of nitrogens with one attached hydrogen (secondary N) is 2. The number of amides is 2. The molecule has 2 aromatic rings. The summed E-state index contributed by atoms with van der Waals surface area (Å²) in [6.45, 7) is 2.54. The number of fused-ring (bicyclic) bond motifs is 1. The molecule has 2 amide bonds. The van der Waals surface area contributed by atoms with Crippen LogP contribution in [-0.4, -0.2) is 23.3 Å². The number of anilines is 1. The Kier molecular flexibility index (Phi) is 4.71. The number of rotatable bonds is 4. The summed E-state index contributed by atoms with van der Waals surface area (Å²) in [6, 6.07) is 5.29. The van der Waals surface area contributed by atoms with Crippen LogP contribution in [0.5, 0.6) is 0 Å². The maximum Gasteiger partial charge on any atom is 0.319 e. The first kappa shape index (κ1) is 15.7. The maximum atomic E-state index is 12.0. The zero-order valence-corrected chi connectivity index (χ0v) is 13.8. The number of thiazole rings is 1. The summed E-state index contributed by atoms with van der Waals surface area (Å²) < 4.78 is 0. The normalized spacial score (nSPS) is 14.9. The van der Waals surface area contributed by atoms with Gasteiger partial charge in [-0.2, -0.15) is 0 Å². The summed E-state index contributed by atoms with van der Waals surface area (Å²) in [7, 11) is 0. The molecule has 1 aromatic carbocycles. The molecule has 23 heavy (non-hydrogen) atoms. The zero-order valence-electron chi connectivity index (χ0n) is 13.0. The average Bonchev–Trinajstić information content (AvgIpc) is 3.08. The first-order chi connectivity index (χ1) is 11.1. The molecular formula is C17H19N3O2S. The molecule has 1 aliphatic carbocycles. The number of urea groups is 1. The van der Waals surface area contributed by atoms with Gasteiger partial charge in [-0.3, -0.25) is 4.79 Å². The Morgan fingerprint density at radius 2 is 2.26 bits per heavy atom. The van der Waals surface area contributed by atoms with Gasteiger partial charge in [-0.25, -0.2) is 9.78 Å². The van der Waals surface area contributed by atoms with E-state index in [-0.39, 0.29) is 17.7 Å². The molecule has 1 heterocycles. The van der Waals surface area contributed by atoms with E-state index in [1.807, 2.05) is 24.4 Å². The summed E-state index contributed by atoms with van der Waals surface area (Å²) in [4.78, 5) is 28.2. The Balaban J connectivity index is 1.58. The number of ketones is 1. The summed E-state index contributed by atoms with van der Waals surface area (Å²) in [5.74, 6) is 0.332. The van der Waals surface area contributed by atoms with Crippen molar-refractivity contribution in [3.63, 3.8) is 0 Å². The van der Waals surface area contributed by atoms with E-state index in [0.717, 1.165) is 29.0 Å². The van der Waals surface area contributed by atoms with E-state index in [1.54, 1.807) is 23.6 Å². The van der Waals surface area contributed by atoms with Crippen LogP contribution >= 0.6 is 11.3 Å². The maximum absolute atomic E-state index is 12.0. The number of nitrogens with zero attached hydrogens (tertiary/aromatic N) is 1. The van der Waals surface area contributed by atoms with Crippen molar-refractivity contribution in [1.29, 1.82) is 0 Å². The third-order valence-corrected chi connectivity index (χ3v) is 4.97. The van der Waals surface area contributed by atoms with Gasteiger partial charge in [0.1, 0.15) is 0 Å². The molecule has 5 nitrogen and oxygen atoms in total. The Hall–Kier alpha value is -2.21. The van der Waals surface area contributed by atoms with Crippen LogP contribution in [-0.2, 0) is 6.42 Å². The molecule has 1 aliphatic rings. The Labute approximate surface area is 139 Å². The van der Waals surface area contributed by atoms with Crippen LogP contribution in [0.15, 0.2) is 29.8 Å². The predicted octanol–water partition coefficient (Wildman–Crippen LogP) is 3.59. The Morgan fingerprint density at radius 3 is 3.04 bits per heavy atom. The lowest BCUT2D eigenvalue weighted by atomic mass is 9.90. The number of Topliss-reactive ketones (excluding diaryl/α,β-unsaturated/α-hetero) is 1. The van der Waals surface area contributed by atoms with Crippen molar-refractivity contribution in [1.82, 2.24) is 10.3 Å². The molecule has 0 spiro atoms. The number of aryl methyl sites for hydroxylation is 1. The van der Waals surface area contributed by atoms with Gasteiger partial charge in [-0.1, -0.05) is 13.0 Å². The monoisotopic (exact) mass is 329 g/mol. The van der Waals surface area contributed by atoms with E-state index < -0.39 is 0 Å². The van der Waals surface area contributed by atoms with E-state index in [9.17, 15) is 9.59 Å². The van der Waals surface area contributed by atoms with Crippen LogP contribution in [0.25, 0.3) is 0 Å². The molecule has 3 rings (SSSR count). The largest absolute Gasteiger partial charge is 0.337 e. The van der Waals surface area contributed by atoms with Gasteiger partial charge < -0.3 is 10.6 Å². The number of benzene rings is 1. The summed E-state index contributed by atoms with van der Waals surface area (Å²) in [6.07, 6.45) is 4.20. The van der Waals surface area contributed by atoms with Gasteiger partial charge >= 0.3 is 6.03 Å². The van der Waals surface area contributed by atoms with Crippen molar-refractivity contribution in [2.45, 2.75) is 32.1 Å². The minimum atomic E-state index is -0.267. The minimum absolute atomic E-state index is 0.160. The summed E-state index contributed by atoms with van der Waals surface area (Å²) in [5.41, 5.74) is 2.47. The molecule has 120 valence electrons. The summed E-state index contributed by atoms with van der Waals surface area (Å²) >= 11 is 1.58. The van der Waals surface area contributed by atoms with Crippen molar-refractivity contribution in [3.8, 4) is 0 Å². The van der Waals surface area contributed by atoms with E-state index in [0.29, 0.717) is 18.7 Å². The molecule has 0 aliphatic heterocycles. The fourth-order valence-electron chi connectivity index (χ4n) is 2.69. The number of aromatic nitrogens is 1. The first-order valence-electron chi connectivity index (χ1n) is 7.74. The van der Waals surface area contributed by atoms with Gasteiger partial charge in [0.25, 0.3) is 0 Å². The fraction of sp³-hybridized carbons (Fsp3) is 0.353. The highest BCUT2D eigenvalue weighted by atomic mass is 32.1. The van der Waals surface area contributed by atoms with E-state index in [2.05, 4.69) is 15.6 Å². The van der Waals surface area contributed by atoms with Crippen molar-refractivity contribution in [2.24, 2.45) is 0 Å². The smallest absolute Gasteiger partial charge is 0.319 e. The molecule has 1 aromatic heterocycles. The van der Waals surface area contributed by atoms with Gasteiger partial charge in [0, 0.05) is 41.7 Å². The van der Waals surface area contributed by atoms with Crippen molar-refractivity contribution in [3.05, 3.63) is 45.9 Å². The zero-order chi connectivity index (χ0) is 16.2. The van der Waals surface area contributed by atoms with Crippen molar-refractivity contribution in [2.75, 3.05) is 11.9 Å². The number of hydrogen-bond acceptors (Lipinski definition) is 4. The summed E-state index contributed by atoms with van der Waals surface area (Å²) in [5, 5.41) is 8.57. The average molecular weight is 329 g/mol. The third kappa shape index (κ3) is 3.76. The van der Waals surface area contributed by atoms with E-state index in [4.69, 9.17) is 0 Å². The van der Waals surface area contributed by atoms with Gasteiger partial charge in [-0.15, -0.1) is 11.3 Å². The molecule has 2 N–H and O–H groups in total.